The zero-order valence-electron chi connectivity index (χ0n) is 13.7. The van der Waals surface area contributed by atoms with Crippen LogP contribution >= 0.6 is 0 Å². The zero-order chi connectivity index (χ0) is 16.8. The fourth-order valence-corrected chi connectivity index (χ4v) is 2.55. The molecule has 118 valence electrons. The van der Waals surface area contributed by atoms with Crippen LogP contribution in [0, 0.1) is 0 Å². The summed E-state index contributed by atoms with van der Waals surface area (Å²) in [6, 6.07) is 7.86. The fourth-order valence-electron chi connectivity index (χ4n) is 2.55. The maximum Gasteiger partial charge on any atom is 0.339 e. The molecule has 0 unspecified atom stereocenters. The molecule has 0 fully saturated rings. The van der Waals surface area contributed by atoms with Gasteiger partial charge in [0.2, 0.25) is 0 Å². The van der Waals surface area contributed by atoms with E-state index in [0.29, 0.717) is 11.5 Å². The summed E-state index contributed by atoms with van der Waals surface area (Å²) in [4.78, 5) is 20.3. The van der Waals surface area contributed by atoms with Crippen LogP contribution in [0.2, 0.25) is 0 Å². The average molecular weight is 309 g/mol. The first-order valence-corrected chi connectivity index (χ1v) is 7.43. The van der Waals surface area contributed by atoms with Crippen molar-refractivity contribution >= 4 is 16.9 Å². The number of carboxylic acids is 1. The third-order valence-corrected chi connectivity index (χ3v) is 3.85. The lowest BCUT2D eigenvalue weighted by atomic mass is 9.95. The summed E-state index contributed by atoms with van der Waals surface area (Å²) in [5, 5.41) is 10.5. The number of aryl methyl sites for hydroxylation is 1. The van der Waals surface area contributed by atoms with Crippen LogP contribution in [0.25, 0.3) is 22.2 Å². The van der Waals surface area contributed by atoms with E-state index in [-0.39, 0.29) is 11.0 Å². The summed E-state index contributed by atoms with van der Waals surface area (Å²) in [5.74, 6) is -0.390. The molecule has 0 bridgehead atoms. The minimum absolute atomic E-state index is 0.119. The molecule has 0 aliphatic rings. The van der Waals surface area contributed by atoms with Gasteiger partial charge in [-0.2, -0.15) is 0 Å². The van der Waals surface area contributed by atoms with Crippen molar-refractivity contribution in [2.24, 2.45) is 7.05 Å². The molecule has 0 aliphatic carbocycles. The first-order chi connectivity index (χ1) is 10.8. The van der Waals surface area contributed by atoms with E-state index < -0.39 is 5.97 Å². The summed E-state index contributed by atoms with van der Waals surface area (Å²) in [6.45, 7) is 6.02. The molecule has 0 amide bonds. The maximum absolute atomic E-state index is 11.5. The molecular formula is C18H19N3O2. The number of hydrogen-bond donors (Lipinski definition) is 1. The first kappa shape index (κ1) is 15.2. The maximum atomic E-state index is 11.5. The quantitative estimate of drug-likeness (QED) is 0.785. The van der Waals surface area contributed by atoms with Crippen molar-refractivity contribution in [3.05, 3.63) is 48.0 Å². The van der Waals surface area contributed by atoms with E-state index in [9.17, 15) is 9.90 Å². The van der Waals surface area contributed by atoms with Gasteiger partial charge in [0.15, 0.2) is 0 Å². The molecule has 1 N–H and O–H groups in total. The lowest BCUT2D eigenvalue weighted by Crippen LogP contribution is -2.18. The van der Waals surface area contributed by atoms with Crippen LogP contribution in [-0.4, -0.2) is 25.6 Å². The Kier molecular flexibility index (Phi) is 3.43. The number of rotatable bonds is 2. The SMILES string of the molecule is Cn1ccc2cc(-c3nc(C(C)(C)C)ncc3C(=O)O)ccc21. The molecule has 0 saturated carbocycles. The first-order valence-electron chi connectivity index (χ1n) is 7.43. The highest BCUT2D eigenvalue weighted by atomic mass is 16.4. The molecular weight excluding hydrogens is 290 g/mol. The number of aromatic carboxylic acids is 1. The molecule has 0 atom stereocenters. The molecule has 0 aliphatic heterocycles. The molecule has 23 heavy (non-hydrogen) atoms. The van der Waals surface area contributed by atoms with E-state index in [4.69, 9.17) is 0 Å². The standard InChI is InChI=1S/C18H19N3O2/c1-18(2,3)17-19-10-13(16(22)23)15(20-17)12-5-6-14-11(9-12)7-8-21(14)4/h5-10H,1-4H3,(H,22,23). The summed E-state index contributed by atoms with van der Waals surface area (Å²) in [6.07, 6.45) is 3.38. The summed E-state index contributed by atoms with van der Waals surface area (Å²) in [5.41, 5.74) is 2.21. The molecule has 0 spiro atoms. The Hall–Kier alpha value is -2.69. The summed E-state index contributed by atoms with van der Waals surface area (Å²) in [7, 11) is 1.98. The van der Waals surface area contributed by atoms with Gasteiger partial charge >= 0.3 is 5.97 Å². The number of benzene rings is 1. The van der Waals surface area contributed by atoms with Crippen molar-refractivity contribution in [1.82, 2.24) is 14.5 Å². The van der Waals surface area contributed by atoms with Gasteiger partial charge in [-0.3, -0.25) is 0 Å². The lowest BCUT2D eigenvalue weighted by Gasteiger charge is -2.18. The minimum Gasteiger partial charge on any atom is -0.478 e. The average Bonchev–Trinajstić information content (AvgIpc) is 2.86. The van der Waals surface area contributed by atoms with Gasteiger partial charge in [-0.25, -0.2) is 14.8 Å². The second kappa shape index (κ2) is 5.19. The molecule has 5 heteroatoms. The van der Waals surface area contributed by atoms with E-state index in [1.165, 1.54) is 6.20 Å². The number of aromatic nitrogens is 3. The van der Waals surface area contributed by atoms with Crippen molar-refractivity contribution in [2.45, 2.75) is 26.2 Å². The van der Waals surface area contributed by atoms with Crippen LogP contribution < -0.4 is 0 Å². The van der Waals surface area contributed by atoms with Crippen molar-refractivity contribution in [3.8, 4) is 11.3 Å². The molecule has 3 rings (SSSR count). The predicted octanol–water partition coefficient (Wildman–Crippen LogP) is 3.63. The van der Waals surface area contributed by atoms with E-state index in [0.717, 1.165) is 16.5 Å². The van der Waals surface area contributed by atoms with Gasteiger partial charge in [0, 0.05) is 41.3 Å². The summed E-state index contributed by atoms with van der Waals surface area (Å²) < 4.78 is 2.03. The Morgan fingerprint density at radius 2 is 1.96 bits per heavy atom. The Bertz CT molecular complexity index is 904. The van der Waals surface area contributed by atoms with Crippen molar-refractivity contribution in [1.29, 1.82) is 0 Å². The summed E-state index contributed by atoms with van der Waals surface area (Å²) >= 11 is 0. The molecule has 5 nitrogen and oxygen atoms in total. The van der Waals surface area contributed by atoms with Gasteiger partial charge < -0.3 is 9.67 Å². The Labute approximate surface area is 134 Å². The van der Waals surface area contributed by atoms with Gasteiger partial charge in [-0.15, -0.1) is 0 Å². The van der Waals surface area contributed by atoms with Crippen molar-refractivity contribution in [3.63, 3.8) is 0 Å². The van der Waals surface area contributed by atoms with Crippen LogP contribution in [0.5, 0.6) is 0 Å². The number of carbonyl (C=O) groups is 1. The lowest BCUT2D eigenvalue weighted by molar-refractivity contribution is 0.0696. The minimum atomic E-state index is -1.02. The number of carboxylic acid groups (broad SMARTS) is 1. The third-order valence-electron chi connectivity index (χ3n) is 3.85. The zero-order valence-corrected chi connectivity index (χ0v) is 13.7. The van der Waals surface area contributed by atoms with Crippen LogP contribution in [0.1, 0.15) is 37.0 Å². The van der Waals surface area contributed by atoms with Gasteiger partial charge in [0.1, 0.15) is 11.4 Å². The number of fused-ring (bicyclic) bond motifs is 1. The molecule has 2 aromatic heterocycles. The molecule has 1 aromatic carbocycles. The highest BCUT2D eigenvalue weighted by Gasteiger charge is 2.22. The third kappa shape index (κ3) is 2.70. The van der Waals surface area contributed by atoms with Gasteiger partial charge in [-0.05, 0) is 18.2 Å². The van der Waals surface area contributed by atoms with Crippen molar-refractivity contribution in [2.75, 3.05) is 0 Å². The number of nitrogens with zero attached hydrogens (tertiary/aromatic N) is 3. The van der Waals surface area contributed by atoms with E-state index in [1.54, 1.807) is 0 Å². The fraction of sp³-hybridized carbons (Fsp3) is 0.278. The largest absolute Gasteiger partial charge is 0.478 e. The van der Waals surface area contributed by atoms with Gasteiger partial charge in [0.25, 0.3) is 0 Å². The van der Waals surface area contributed by atoms with E-state index in [1.807, 2.05) is 62.8 Å². The molecule has 3 aromatic rings. The second-order valence-electron chi connectivity index (χ2n) is 6.71. The van der Waals surface area contributed by atoms with Crippen molar-refractivity contribution < 1.29 is 9.90 Å². The molecule has 0 radical (unpaired) electrons. The Morgan fingerprint density at radius 1 is 1.22 bits per heavy atom. The van der Waals surface area contributed by atoms with Crippen LogP contribution in [0.4, 0.5) is 0 Å². The van der Waals surface area contributed by atoms with E-state index in [2.05, 4.69) is 9.97 Å². The smallest absolute Gasteiger partial charge is 0.339 e. The van der Waals surface area contributed by atoms with Crippen LogP contribution in [-0.2, 0) is 12.5 Å². The Balaban J connectivity index is 2.24. The topological polar surface area (TPSA) is 68.0 Å². The highest BCUT2D eigenvalue weighted by molar-refractivity contribution is 5.96. The van der Waals surface area contributed by atoms with Crippen LogP contribution in [0.3, 0.4) is 0 Å². The second-order valence-corrected chi connectivity index (χ2v) is 6.71. The number of hydrogen-bond acceptors (Lipinski definition) is 3. The van der Waals surface area contributed by atoms with Gasteiger partial charge in [-0.1, -0.05) is 26.8 Å². The predicted molar refractivity (Wildman–Crippen MR) is 89.6 cm³/mol. The molecule has 0 saturated heterocycles. The van der Waals surface area contributed by atoms with Gasteiger partial charge in [0.05, 0.1) is 5.69 Å². The van der Waals surface area contributed by atoms with Crippen LogP contribution in [0.15, 0.2) is 36.7 Å². The normalized spacial score (nSPS) is 11.8. The highest BCUT2D eigenvalue weighted by Crippen LogP contribution is 2.28. The van der Waals surface area contributed by atoms with E-state index >= 15 is 0 Å². The monoisotopic (exact) mass is 309 g/mol. The molecule has 2 heterocycles. The Morgan fingerprint density at radius 3 is 2.61 bits per heavy atom.